The van der Waals surface area contributed by atoms with Crippen LogP contribution in [0, 0.1) is 0 Å². The summed E-state index contributed by atoms with van der Waals surface area (Å²) in [6.45, 7) is 2.27. The zero-order chi connectivity index (χ0) is 25.5. The molecule has 0 atom stereocenters. The van der Waals surface area contributed by atoms with Crippen molar-refractivity contribution in [3.63, 3.8) is 0 Å². The van der Waals surface area contributed by atoms with Crippen LogP contribution in [-0.2, 0) is 16.1 Å². The van der Waals surface area contributed by atoms with Crippen molar-refractivity contribution in [2.24, 2.45) is 0 Å². The van der Waals surface area contributed by atoms with Gasteiger partial charge in [-0.1, -0.05) is 89.9 Å². The van der Waals surface area contributed by atoms with Gasteiger partial charge in [-0.3, -0.25) is 4.79 Å². The van der Waals surface area contributed by atoms with Crippen LogP contribution in [0.3, 0.4) is 0 Å². The normalized spacial score (nSPS) is 10.8. The standard InChI is InChI=1S/C30H25Cl2NO3/c1-2-36-30(35)23-14-17-26(18-15-23)33(20-24-13-16-25(31)19-27(24)32)29(34)28(21-9-5-3-6-10-21)22-11-7-4-8-12-22/h3-19,28H,2,20H2,1H3. The van der Waals surface area contributed by atoms with Crippen LogP contribution in [0.2, 0.25) is 10.0 Å². The second-order valence-electron chi connectivity index (χ2n) is 8.18. The Bertz CT molecular complexity index is 1290. The zero-order valence-corrected chi connectivity index (χ0v) is 21.2. The average molecular weight is 518 g/mol. The number of rotatable bonds is 8. The van der Waals surface area contributed by atoms with Crippen LogP contribution in [0.1, 0.15) is 39.9 Å². The Labute approximate surface area is 221 Å². The number of carbonyl (C=O) groups excluding carboxylic acids is 2. The lowest BCUT2D eigenvalue weighted by atomic mass is 9.89. The van der Waals surface area contributed by atoms with E-state index in [1.807, 2.05) is 66.7 Å². The number of hydrogen-bond donors (Lipinski definition) is 0. The second kappa shape index (κ2) is 11.9. The van der Waals surface area contributed by atoms with E-state index in [4.69, 9.17) is 27.9 Å². The van der Waals surface area contributed by atoms with E-state index in [1.165, 1.54) is 0 Å². The molecule has 0 aliphatic heterocycles. The number of benzene rings is 4. The van der Waals surface area contributed by atoms with Gasteiger partial charge in [0.2, 0.25) is 5.91 Å². The predicted octanol–water partition coefficient (Wildman–Crippen LogP) is 7.54. The van der Waals surface area contributed by atoms with Crippen LogP contribution in [0.25, 0.3) is 0 Å². The summed E-state index contributed by atoms with van der Waals surface area (Å²) in [5, 5.41) is 0.992. The summed E-state index contributed by atoms with van der Waals surface area (Å²) < 4.78 is 5.10. The number of ether oxygens (including phenoxy) is 1. The van der Waals surface area contributed by atoms with Crippen LogP contribution in [0.15, 0.2) is 103 Å². The van der Waals surface area contributed by atoms with E-state index in [-0.39, 0.29) is 19.1 Å². The Hall–Kier alpha value is -3.60. The second-order valence-corrected chi connectivity index (χ2v) is 9.03. The number of anilines is 1. The molecule has 6 heteroatoms. The summed E-state index contributed by atoms with van der Waals surface area (Å²) in [5.41, 5.74) is 3.56. The maximum atomic E-state index is 14.3. The third-order valence-corrected chi connectivity index (χ3v) is 6.40. The van der Waals surface area contributed by atoms with Gasteiger partial charge in [-0.05, 0) is 60.0 Å². The predicted molar refractivity (Wildman–Crippen MR) is 145 cm³/mol. The molecule has 4 aromatic carbocycles. The Kier molecular flexibility index (Phi) is 8.42. The summed E-state index contributed by atoms with van der Waals surface area (Å²) in [4.78, 5) is 28.2. The average Bonchev–Trinajstić information content (AvgIpc) is 2.90. The van der Waals surface area contributed by atoms with Crippen molar-refractivity contribution in [2.45, 2.75) is 19.4 Å². The third-order valence-electron chi connectivity index (χ3n) is 5.81. The fourth-order valence-corrected chi connectivity index (χ4v) is 4.50. The first-order valence-corrected chi connectivity index (χ1v) is 12.4. The fraction of sp³-hybridized carbons (Fsp3) is 0.133. The van der Waals surface area contributed by atoms with Crippen molar-refractivity contribution >= 4 is 40.8 Å². The highest BCUT2D eigenvalue weighted by Gasteiger charge is 2.29. The largest absolute Gasteiger partial charge is 0.462 e. The molecule has 1 amide bonds. The zero-order valence-electron chi connectivity index (χ0n) is 19.7. The minimum atomic E-state index is -0.539. The van der Waals surface area contributed by atoms with Crippen LogP contribution >= 0.6 is 23.2 Å². The van der Waals surface area contributed by atoms with Gasteiger partial charge in [0.1, 0.15) is 0 Å². The minimum Gasteiger partial charge on any atom is -0.462 e. The number of hydrogen-bond acceptors (Lipinski definition) is 3. The Morgan fingerprint density at radius 2 is 1.39 bits per heavy atom. The molecule has 0 radical (unpaired) electrons. The first-order chi connectivity index (χ1) is 17.5. The quantitative estimate of drug-likeness (QED) is 0.227. The number of esters is 1. The number of amides is 1. The molecule has 0 aliphatic rings. The molecule has 0 bridgehead atoms. The lowest BCUT2D eigenvalue weighted by Gasteiger charge is -2.29. The molecule has 36 heavy (non-hydrogen) atoms. The van der Waals surface area contributed by atoms with E-state index in [1.54, 1.807) is 48.2 Å². The van der Waals surface area contributed by atoms with Gasteiger partial charge in [-0.15, -0.1) is 0 Å². The molecule has 0 fully saturated rings. The molecule has 0 saturated carbocycles. The first-order valence-electron chi connectivity index (χ1n) is 11.6. The van der Waals surface area contributed by atoms with Gasteiger partial charge in [-0.2, -0.15) is 0 Å². The summed E-state index contributed by atoms with van der Waals surface area (Å²) >= 11 is 12.6. The van der Waals surface area contributed by atoms with E-state index in [0.717, 1.165) is 16.7 Å². The molecule has 0 saturated heterocycles. The highest BCUT2D eigenvalue weighted by Crippen LogP contribution is 2.32. The van der Waals surface area contributed by atoms with E-state index in [9.17, 15) is 9.59 Å². The number of carbonyl (C=O) groups is 2. The monoisotopic (exact) mass is 517 g/mol. The highest BCUT2D eigenvalue weighted by molar-refractivity contribution is 6.35. The topological polar surface area (TPSA) is 46.6 Å². The molecule has 0 spiro atoms. The molecule has 4 rings (SSSR count). The smallest absolute Gasteiger partial charge is 0.338 e. The van der Waals surface area contributed by atoms with Crippen molar-refractivity contribution < 1.29 is 14.3 Å². The van der Waals surface area contributed by atoms with Gasteiger partial charge in [0.15, 0.2) is 0 Å². The lowest BCUT2D eigenvalue weighted by Crippen LogP contribution is -2.35. The van der Waals surface area contributed by atoms with E-state index in [2.05, 4.69) is 0 Å². The molecule has 0 heterocycles. The summed E-state index contributed by atoms with van der Waals surface area (Å²) in [7, 11) is 0. The molecule has 4 aromatic rings. The van der Waals surface area contributed by atoms with Crippen LogP contribution in [0.4, 0.5) is 5.69 Å². The van der Waals surface area contributed by atoms with E-state index < -0.39 is 11.9 Å². The molecule has 4 nitrogen and oxygen atoms in total. The van der Waals surface area contributed by atoms with Gasteiger partial charge in [0.25, 0.3) is 0 Å². The van der Waals surface area contributed by atoms with Crippen LogP contribution < -0.4 is 4.90 Å². The number of halogens is 2. The van der Waals surface area contributed by atoms with Gasteiger partial charge in [0.05, 0.1) is 24.6 Å². The Morgan fingerprint density at radius 3 is 1.92 bits per heavy atom. The molecule has 182 valence electrons. The lowest BCUT2D eigenvalue weighted by molar-refractivity contribution is -0.119. The van der Waals surface area contributed by atoms with Crippen molar-refractivity contribution in [1.82, 2.24) is 0 Å². The van der Waals surface area contributed by atoms with Gasteiger partial charge in [0, 0.05) is 15.7 Å². The summed E-state index contributed by atoms with van der Waals surface area (Å²) in [5.74, 6) is -1.07. The molecule has 0 aromatic heterocycles. The van der Waals surface area contributed by atoms with Gasteiger partial charge < -0.3 is 9.64 Å². The molecule has 0 aliphatic carbocycles. The Morgan fingerprint density at radius 1 is 0.806 bits per heavy atom. The van der Waals surface area contributed by atoms with E-state index >= 15 is 0 Å². The molecule has 0 N–H and O–H groups in total. The molecule has 0 unspecified atom stereocenters. The van der Waals surface area contributed by atoms with Crippen molar-refractivity contribution in [3.8, 4) is 0 Å². The number of nitrogens with zero attached hydrogens (tertiary/aromatic N) is 1. The van der Waals surface area contributed by atoms with Gasteiger partial charge >= 0.3 is 5.97 Å². The highest BCUT2D eigenvalue weighted by atomic mass is 35.5. The molecular formula is C30H25Cl2NO3. The van der Waals surface area contributed by atoms with Gasteiger partial charge in [-0.25, -0.2) is 4.79 Å². The maximum Gasteiger partial charge on any atom is 0.338 e. The van der Waals surface area contributed by atoms with Crippen LogP contribution in [-0.4, -0.2) is 18.5 Å². The maximum absolute atomic E-state index is 14.3. The van der Waals surface area contributed by atoms with Crippen molar-refractivity contribution in [3.05, 3.63) is 135 Å². The van der Waals surface area contributed by atoms with E-state index in [0.29, 0.717) is 21.3 Å². The fourth-order valence-electron chi connectivity index (χ4n) is 4.03. The van der Waals surface area contributed by atoms with Crippen molar-refractivity contribution in [2.75, 3.05) is 11.5 Å². The SMILES string of the molecule is CCOC(=O)c1ccc(N(Cc2ccc(Cl)cc2Cl)C(=O)C(c2ccccc2)c2ccccc2)cc1. The first kappa shape index (κ1) is 25.5. The Balaban J connectivity index is 1.78. The third kappa shape index (κ3) is 5.96. The summed E-state index contributed by atoms with van der Waals surface area (Å²) in [6.07, 6.45) is 0. The summed E-state index contributed by atoms with van der Waals surface area (Å²) in [6, 6.07) is 31.4. The van der Waals surface area contributed by atoms with Crippen LogP contribution in [0.5, 0.6) is 0 Å². The molecular weight excluding hydrogens is 493 g/mol. The van der Waals surface area contributed by atoms with Crippen molar-refractivity contribution in [1.29, 1.82) is 0 Å². The minimum absolute atomic E-state index is 0.123.